The Bertz CT molecular complexity index is 1120. The number of carboxylic acids is 2. The van der Waals surface area contributed by atoms with E-state index in [4.69, 9.17) is 33.3 Å². The predicted octanol–water partition coefficient (Wildman–Crippen LogP) is 6.94. The second kappa shape index (κ2) is 13.4. The maximum atomic E-state index is 13.3. The van der Waals surface area contributed by atoms with E-state index in [0.29, 0.717) is 41.9 Å². The molecule has 0 heterocycles. The Balaban J connectivity index is 0.000000757. The van der Waals surface area contributed by atoms with Gasteiger partial charge in [-0.2, -0.15) is 0 Å². The summed E-state index contributed by atoms with van der Waals surface area (Å²) in [5.41, 5.74) is -1.03. The maximum Gasteiger partial charge on any atom is 0.333 e. The van der Waals surface area contributed by atoms with Crippen molar-refractivity contribution in [2.24, 2.45) is 5.92 Å². The Morgan fingerprint density at radius 2 is 1.61 bits per heavy atom. The van der Waals surface area contributed by atoms with Crippen molar-refractivity contribution in [3.05, 3.63) is 33.9 Å². The normalized spacial score (nSPS) is 23.8. The standard InChI is InChI=1S/C23H26BrClO6S.C5H10O/c1-12-18(32)11-22(21(28)29,14-9-17(31-3)15(25)10-16(14)30-2)23(24,19(12)20(26)27)13-7-5-4-6-8-13;1-3-5(6)4-2/h9-10,13H,4-8,11H2,1-3H3,(H,26,27)(H,28,29);3-4H2,1-2H3. The minimum absolute atomic E-state index is 0.000908. The summed E-state index contributed by atoms with van der Waals surface area (Å²) >= 11 is 15.6. The molecule has 0 aliphatic heterocycles. The zero-order valence-corrected chi connectivity index (χ0v) is 25.6. The molecule has 2 atom stereocenters. The topological polar surface area (TPSA) is 110 Å². The summed E-state index contributed by atoms with van der Waals surface area (Å²) in [6.07, 6.45) is 5.54. The first-order valence-corrected chi connectivity index (χ1v) is 14.3. The van der Waals surface area contributed by atoms with Crippen molar-refractivity contribution >= 4 is 62.3 Å². The van der Waals surface area contributed by atoms with Crippen molar-refractivity contribution in [1.82, 2.24) is 0 Å². The second-order valence-electron chi connectivity index (χ2n) is 9.60. The van der Waals surface area contributed by atoms with Crippen LogP contribution in [0.2, 0.25) is 5.02 Å². The molecule has 1 aromatic carbocycles. The Labute approximate surface area is 243 Å². The van der Waals surface area contributed by atoms with Crippen molar-refractivity contribution in [2.45, 2.75) is 81.9 Å². The fourth-order valence-corrected chi connectivity index (χ4v) is 7.58. The molecule has 2 unspecified atom stereocenters. The molecule has 2 aliphatic rings. The summed E-state index contributed by atoms with van der Waals surface area (Å²) in [5, 5.41) is 21.4. The van der Waals surface area contributed by atoms with Gasteiger partial charge in [0.2, 0.25) is 0 Å². The third kappa shape index (κ3) is 5.80. The van der Waals surface area contributed by atoms with Gasteiger partial charge in [-0.15, -0.1) is 0 Å². The lowest BCUT2D eigenvalue weighted by atomic mass is 9.54. The van der Waals surface area contributed by atoms with E-state index in [1.165, 1.54) is 26.4 Å². The van der Waals surface area contributed by atoms with E-state index in [2.05, 4.69) is 15.9 Å². The van der Waals surface area contributed by atoms with Gasteiger partial charge in [0, 0.05) is 35.8 Å². The highest BCUT2D eigenvalue weighted by Gasteiger charge is 2.66. The van der Waals surface area contributed by atoms with Crippen LogP contribution in [0.25, 0.3) is 0 Å². The number of aliphatic carboxylic acids is 2. The zero-order valence-electron chi connectivity index (χ0n) is 22.5. The summed E-state index contributed by atoms with van der Waals surface area (Å²) in [4.78, 5) is 36.4. The maximum absolute atomic E-state index is 13.3. The lowest BCUT2D eigenvalue weighted by Gasteiger charge is -2.53. The highest BCUT2D eigenvalue weighted by atomic mass is 79.9. The number of thiocarbonyl (C=S) groups is 1. The van der Waals surface area contributed by atoms with Crippen LogP contribution in [0.5, 0.6) is 11.5 Å². The number of carboxylic acid groups (broad SMARTS) is 2. The number of methoxy groups -OCH3 is 2. The molecular weight excluding hydrogens is 596 g/mol. The number of ketones is 1. The predicted molar refractivity (Wildman–Crippen MR) is 155 cm³/mol. The van der Waals surface area contributed by atoms with Crippen LogP contribution in [0.15, 0.2) is 23.3 Å². The molecule has 7 nitrogen and oxygen atoms in total. The summed E-state index contributed by atoms with van der Waals surface area (Å²) < 4.78 is 9.52. The SMILES string of the molecule is CCC(=O)CC.COc1cc(C2(C(=O)O)CC(=S)C(C)=C(C(=O)O)C2(Br)C2CCCCC2)c(OC)cc1Cl. The fourth-order valence-electron chi connectivity index (χ4n) is 5.58. The van der Waals surface area contributed by atoms with Crippen LogP contribution in [0.1, 0.15) is 77.7 Å². The summed E-state index contributed by atoms with van der Waals surface area (Å²) in [7, 11) is 2.86. The number of hydrogen-bond acceptors (Lipinski definition) is 6. The van der Waals surface area contributed by atoms with Gasteiger partial charge < -0.3 is 19.7 Å². The van der Waals surface area contributed by atoms with Gasteiger partial charge in [0.1, 0.15) is 22.7 Å². The van der Waals surface area contributed by atoms with Crippen molar-refractivity contribution in [2.75, 3.05) is 14.2 Å². The number of halogens is 2. The van der Waals surface area contributed by atoms with Crippen molar-refractivity contribution in [3.8, 4) is 11.5 Å². The lowest BCUT2D eigenvalue weighted by Crippen LogP contribution is -2.62. The summed E-state index contributed by atoms with van der Waals surface area (Å²) in [6.45, 7) is 5.42. The number of hydrogen-bond donors (Lipinski definition) is 2. The molecule has 2 aliphatic carbocycles. The van der Waals surface area contributed by atoms with Gasteiger partial charge >= 0.3 is 11.9 Å². The van der Waals surface area contributed by atoms with Gasteiger partial charge in [0.15, 0.2) is 0 Å². The van der Waals surface area contributed by atoms with Crippen LogP contribution in [0.3, 0.4) is 0 Å². The minimum atomic E-state index is -1.75. The van der Waals surface area contributed by atoms with Gasteiger partial charge in [-0.1, -0.05) is 72.9 Å². The quantitative estimate of drug-likeness (QED) is 0.234. The Morgan fingerprint density at radius 3 is 2.03 bits per heavy atom. The average molecular weight is 632 g/mol. The number of alkyl halides is 1. The summed E-state index contributed by atoms with van der Waals surface area (Å²) in [6, 6.07) is 3.04. The Hall–Kier alpha value is -1.97. The number of ether oxygens (including phenoxy) is 2. The van der Waals surface area contributed by atoms with Crippen LogP contribution >= 0.6 is 39.7 Å². The van der Waals surface area contributed by atoms with E-state index in [9.17, 15) is 24.6 Å². The van der Waals surface area contributed by atoms with Crippen LogP contribution < -0.4 is 9.47 Å². The molecule has 0 bridgehead atoms. The molecular formula is C28H36BrClO7S. The highest BCUT2D eigenvalue weighted by molar-refractivity contribution is 9.10. The van der Waals surface area contributed by atoms with E-state index < -0.39 is 21.7 Å². The van der Waals surface area contributed by atoms with Gasteiger partial charge in [-0.25, -0.2) is 4.79 Å². The molecule has 0 spiro atoms. The molecule has 210 valence electrons. The molecule has 3 rings (SSSR count). The van der Waals surface area contributed by atoms with E-state index in [-0.39, 0.29) is 40.0 Å². The molecule has 38 heavy (non-hydrogen) atoms. The van der Waals surface area contributed by atoms with Crippen molar-refractivity contribution in [1.29, 1.82) is 0 Å². The molecule has 2 N–H and O–H groups in total. The molecule has 10 heteroatoms. The highest BCUT2D eigenvalue weighted by Crippen LogP contribution is 2.61. The van der Waals surface area contributed by atoms with Crippen LogP contribution in [-0.4, -0.2) is 51.3 Å². The van der Waals surface area contributed by atoms with E-state index in [1.54, 1.807) is 6.92 Å². The van der Waals surface area contributed by atoms with E-state index in [0.717, 1.165) is 19.3 Å². The average Bonchev–Trinajstić information content (AvgIpc) is 2.90. The first kappa shape index (κ1) is 32.2. The molecule has 0 radical (unpaired) electrons. The number of Topliss-reactive ketones (excluding diaryl/α,β-unsaturated/α-hetero) is 1. The Kier molecular flexibility index (Phi) is 11.4. The molecule has 1 saturated carbocycles. The molecule has 0 aromatic heterocycles. The summed E-state index contributed by atoms with van der Waals surface area (Å²) in [5.74, 6) is -1.74. The van der Waals surface area contributed by atoms with Gasteiger partial charge in [0.25, 0.3) is 0 Å². The third-order valence-corrected chi connectivity index (χ3v) is 10.1. The molecule has 0 saturated heterocycles. The second-order valence-corrected chi connectivity index (χ2v) is 11.7. The smallest absolute Gasteiger partial charge is 0.333 e. The molecule has 0 amide bonds. The molecule has 1 aromatic rings. The minimum Gasteiger partial charge on any atom is -0.496 e. The number of rotatable bonds is 8. The van der Waals surface area contributed by atoms with Crippen molar-refractivity contribution in [3.63, 3.8) is 0 Å². The van der Waals surface area contributed by atoms with Crippen LogP contribution in [-0.2, 0) is 19.8 Å². The lowest BCUT2D eigenvalue weighted by molar-refractivity contribution is -0.146. The van der Waals surface area contributed by atoms with Crippen molar-refractivity contribution < 1.29 is 34.1 Å². The van der Waals surface area contributed by atoms with E-state index in [1.807, 2.05) is 13.8 Å². The largest absolute Gasteiger partial charge is 0.496 e. The van der Waals surface area contributed by atoms with Crippen LogP contribution in [0.4, 0.5) is 0 Å². The number of carbonyl (C=O) groups is 3. The van der Waals surface area contributed by atoms with Gasteiger partial charge in [-0.05, 0) is 37.3 Å². The zero-order chi connectivity index (χ0) is 28.8. The number of allylic oxidation sites excluding steroid dienone is 1. The first-order valence-electron chi connectivity index (χ1n) is 12.7. The number of benzene rings is 1. The fraction of sp³-hybridized carbons (Fsp3) is 0.571. The van der Waals surface area contributed by atoms with Crippen LogP contribution in [0, 0.1) is 5.92 Å². The third-order valence-electron chi connectivity index (χ3n) is 7.67. The Morgan fingerprint density at radius 1 is 1.05 bits per heavy atom. The van der Waals surface area contributed by atoms with Gasteiger partial charge in [0.05, 0.1) is 29.1 Å². The number of carbonyl (C=O) groups excluding carboxylic acids is 1. The first-order chi connectivity index (χ1) is 17.9. The van der Waals surface area contributed by atoms with Gasteiger partial charge in [-0.3, -0.25) is 9.59 Å². The monoisotopic (exact) mass is 630 g/mol. The molecule has 1 fully saturated rings. The van der Waals surface area contributed by atoms with E-state index >= 15 is 0 Å².